The first-order valence-electron chi connectivity index (χ1n) is 7.09. The Labute approximate surface area is 137 Å². The first-order valence-corrected chi connectivity index (χ1v) is 7.09. The normalized spacial score (nSPS) is 16.5. The van der Waals surface area contributed by atoms with Crippen LogP contribution in [-0.4, -0.2) is 24.0 Å². The van der Waals surface area contributed by atoms with E-state index in [1.165, 1.54) is 13.2 Å². The summed E-state index contributed by atoms with van der Waals surface area (Å²) >= 11 is 0. The van der Waals surface area contributed by atoms with E-state index < -0.39 is 12.0 Å². The monoisotopic (exact) mass is 325 g/mol. The third-order valence-electron chi connectivity index (χ3n) is 3.91. The minimum absolute atomic E-state index is 0.243. The van der Waals surface area contributed by atoms with Crippen LogP contribution in [0.5, 0.6) is 0 Å². The number of fused-ring (bicyclic) bond motifs is 1. The fraction of sp³-hybridized carbons (Fsp3) is 0.125. The highest BCUT2D eigenvalue weighted by molar-refractivity contribution is 6.00. The Morgan fingerprint density at radius 3 is 2.67 bits per heavy atom. The number of hydrazine groups is 1. The van der Waals surface area contributed by atoms with Gasteiger partial charge in [0, 0.05) is 5.56 Å². The van der Waals surface area contributed by atoms with E-state index in [0.29, 0.717) is 16.8 Å². The van der Waals surface area contributed by atoms with Gasteiger partial charge in [0.2, 0.25) is 0 Å². The summed E-state index contributed by atoms with van der Waals surface area (Å²) in [5, 5.41) is 8.03. The zero-order valence-electron chi connectivity index (χ0n) is 12.8. The van der Waals surface area contributed by atoms with Gasteiger partial charge in [-0.15, -0.1) is 5.11 Å². The number of carbonyl (C=O) groups is 2. The van der Waals surface area contributed by atoms with Gasteiger partial charge < -0.3 is 10.6 Å². The number of amides is 1. The summed E-state index contributed by atoms with van der Waals surface area (Å²) < 4.78 is 4.83. The van der Waals surface area contributed by atoms with Gasteiger partial charge in [-0.25, -0.2) is 10.6 Å². The molecule has 1 atom stereocenters. The summed E-state index contributed by atoms with van der Waals surface area (Å²) in [5.74, 6) is 10.2. The number of benzene rings is 2. The van der Waals surface area contributed by atoms with Crippen LogP contribution in [0.4, 0.5) is 5.69 Å². The summed E-state index contributed by atoms with van der Waals surface area (Å²) in [5.41, 5.74) is 2.41. The molecule has 1 heterocycles. The maximum Gasteiger partial charge on any atom is 0.338 e. The molecule has 0 radical (unpaired) electrons. The van der Waals surface area contributed by atoms with Gasteiger partial charge in [0.15, 0.2) is 0 Å². The standard InChI is InChI=1S/C16H15N5O3/c1-24-16(23)13-8-9(19-20-17)6-7-11(13)14-10-4-2-3-5-12(10)15(22)21(14)18/h2-8,14H,18H2,1H3,(H2,17,19). The van der Waals surface area contributed by atoms with Crippen LogP contribution in [-0.2, 0) is 4.74 Å². The molecule has 3 rings (SSSR count). The first-order chi connectivity index (χ1) is 11.6. The maximum absolute atomic E-state index is 12.3. The predicted octanol–water partition coefficient (Wildman–Crippen LogP) is 1.85. The molecule has 1 unspecified atom stereocenters. The molecule has 1 aliphatic heterocycles. The van der Waals surface area contributed by atoms with Crippen molar-refractivity contribution < 1.29 is 14.3 Å². The van der Waals surface area contributed by atoms with Crippen molar-refractivity contribution in [1.82, 2.24) is 5.01 Å². The number of rotatable bonds is 3. The van der Waals surface area contributed by atoms with Crippen molar-refractivity contribution in [3.8, 4) is 0 Å². The lowest BCUT2D eigenvalue weighted by Gasteiger charge is -2.22. The molecule has 0 bridgehead atoms. The van der Waals surface area contributed by atoms with Crippen LogP contribution in [0.2, 0.25) is 0 Å². The van der Waals surface area contributed by atoms with Crippen LogP contribution < -0.4 is 11.7 Å². The molecule has 2 aromatic carbocycles. The average molecular weight is 325 g/mol. The Morgan fingerprint density at radius 1 is 1.21 bits per heavy atom. The van der Waals surface area contributed by atoms with E-state index in [2.05, 4.69) is 10.3 Å². The fourth-order valence-electron chi connectivity index (χ4n) is 2.85. The summed E-state index contributed by atoms with van der Waals surface area (Å²) in [7, 11) is 1.27. The van der Waals surface area contributed by atoms with Crippen molar-refractivity contribution in [2.24, 2.45) is 22.0 Å². The Balaban J connectivity index is 2.19. The zero-order chi connectivity index (χ0) is 17.3. The number of nitrogens with two attached hydrogens (primary N) is 2. The second kappa shape index (κ2) is 6.09. The van der Waals surface area contributed by atoms with Gasteiger partial charge in [0.1, 0.15) is 0 Å². The minimum Gasteiger partial charge on any atom is -0.465 e. The van der Waals surface area contributed by atoms with E-state index >= 15 is 0 Å². The highest BCUT2D eigenvalue weighted by atomic mass is 16.5. The van der Waals surface area contributed by atoms with Crippen molar-refractivity contribution in [2.45, 2.75) is 6.04 Å². The Kier molecular flexibility index (Phi) is 3.97. The molecule has 8 nitrogen and oxygen atoms in total. The van der Waals surface area contributed by atoms with Crippen molar-refractivity contribution >= 4 is 17.6 Å². The zero-order valence-corrected chi connectivity index (χ0v) is 12.8. The van der Waals surface area contributed by atoms with Crippen molar-refractivity contribution in [1.29, 1.82) is 0 Å². The maximum atomic E-state index is 12.3. The largest absolute Gasteiger partial charge is 0.465 e. The van der Waals surface area contributed by atoms with Crippen LogP contribution in [0.3, 0.4) is 0 Å². The molecule has 0 saturated carbocycles. The minimum atomic E-state index is -0.591. The molecule has 1 aliphatic rings. The van der Waals surface area contributed by atoms with E-state index in [9.17, 15) is 9.59 Å². The van der Waals surface area contributed by atoms with Gasteiger partial charge in [-0.05, 0) is 29.3 Å². The highest BCUT2D eigenvalue weighted by Crippen LogP contribution is 2.38. The number of hydrogen-bond donors (Lipinski definition) is 2. The molecule has 24 heavy (non-hydrogen) atoms. The lowest BCUT2D eigenvalue weighted by molar-refractivity contribution is 0.0593. The Bertz CT molecular complexity index is 849. The molecule has 4 N–H and O–H groups in total. The molecule has 1 amide bonds. The molecule has 0 fully saturated rings. The van der Waals surface area contributed by atoms with Crippen molar-refractivity contribution in [3.05, 3.63) is 64.7 Å². The quantitative estimate of drug-likeness (QED) is 0.293. The number of hydrogen-bond acceptors (Lipinski definition) is 6. The topological polar surface area (TPSA) is 123 Å². The molecule has 2 aromatic rings. The second-order valence-electron chi connectivity index (χ2n) is 5.18. The van der Waals surface area contributed by atoms with Crippen LogP contribution >= 0.6 is 0 Å². The number of carbonyl (C=O) groups excluding carboxylic acids is 2. The summed E-state index contributed by atoms with van der Waals surface area (Å²) in [4.78, 5) is 24.5. The molecular weight excluding hydrogens is 310 g/mol. The lowest BCUT2D eigenvalue weighted by atomic mass is 9.94. The van der Waals surface area contributed by atoms with E-state index in [1.807, 2.05) is 6.07 Å². The summed E-state index contributed by atoms with van der Waals surface area (Å²) in [6, 6.07) is 11.3. The molecule has 8 heteroatoms. The number of ether oxygens (including phenoxy) is 1. The van der Waals surface area contributed by atoms with Crippen LogP contribution in [0.15, 0.2) is 52.8 Å². The molecule has 0 aliphatic carbocycles. The smallest absolute Gasteiger partial charge is 0.338 e. The molecular formula is C16H15N5O3. The molecule has 0 aromatic heterocycles. The van der Waals surface area contributed by atoms with Gasteiger partial charge in [0.25, 0.3) is 5.91 Å². The highest BCUT2D eigenvalue weighted by Gasteiger charge is 2.37. The van der Waals surface area contributed by atoms with E-state index in [4.69, 9.17) is 16.4 Å². The fourth-order valence-corrected chi connectivity index (χ4v) is 2.85. The second-order valence-corrected chi connectivity index (χ2v) is 5.18. The number of esters is 1. The van der Waals surface area contributed by atoms with E-state index in [-0.39, 0.29) is 11.5 Å². The average Bonchev–Trinajstić information content (AvgIpc) is 2.86. The van der Waals surface area contributed by atoms with Gasteiger partial charge in [0.05, 0.1) is 24.4 Å². The van der Waals surface area contributed by atoms with Crippen LogP contribution in [0.25, 0.3) is 0 Å². The molecule has 122 valence electrons. The van der Waals surface area contributed by atoms with E-state index in [1.54, 1.807) is 30.3 Å². The Hall–Kier alpha value is -3.26. The first kappa shape index (κ1) is 15.6. The third-order valence-corrected chi connectivity index (χ3v) is 3.91. The van der Waals surface area contributed by atoms with E-state index in [0.717, 1.165) is 10.6 Å². The summed E-state index contributed by atoms with van der Waals surface area (Å²) in [6.07, 6.45) is 0. The lowest BCUT2D eigenvalue weighted by Crippen LogP contribution is -2.35. The Morgan fingerprint density at radius 2 is 1.96 bits per heavy atom. The van der Waals surface area contributed by atoms with Crippen molar-refractivity contribution in [3.63, 3.8) is 0 Å². The van der Waals surface area contributed by atoms with Gasteiger partial charge in [-0.2, -0.15) is 0 Å². The number of methoxy groups -OCH3 is 1. The van der Waals surface area contributed by atoms with Crippen molar-refractivity contribution in [2.75, 3.05) is 7.11 Å². The molecule has 0 saturated heterocycles. The van der Waals surface area contributed by atoms with Gasteiger partial charge in [-0.1, -0.05) is 29.5 Å². The van der Waals surface area contributed by atoms with Crippen LogP contribution in [0.1, 0.15) is 37.9 Å². The predicted molar refractivity (Wildman–Crippen MR) is 85.1 cm³/mol. The van der Waals surface area contributed by atoms with Crippen LogP contribution in [0, 0.1) is 0 Å². The van der Waals surface area contributed by atoms with Gasteiger partial charge >= 0.3 is 5.97 Å². The van der Waals surface area contributed by atoms with Gasteiger partial charge in [-0.3, -0.25) is 9.80 Å². The SMILES string of the molecule is COC(=O)c1cc(N=NN)ccc1C1c2ccccc2C(=O)N1N. The summed E-state index contributed by atoms with van der Waals surface area (Å²) in [6.45, 7) is 0. The number of nitrogens with zero attached hydrogens (tertiary/aromatic N) is 3. The third kappa shape index (κ3) is 2.38. The molecule has 0 spiro atoms.